The largest absolute Gasteiger partial charge is 0.401 e. The zero-order valence-corrected chi connectivity index (χ0v) is 20.0. The molecule has 2 N–H and O–H groups in total. The molecule has 2 heterocycles. The van der Waals surface area contributed by atoms with E-state index < -0.39 is 12.7 Å². The highest BCUT2D eigenvalue weighted by Gasteiger charge is 2.32. The summed E-state index contributed by atoms with van der Waals surface area (Å²) < 4.78 is 37.4. The van der Waals surface area contributed by atoms with Crippen LogP contribution in [0.2, 0.25) is 5.02 Å². The summed E-state index contributed by atoms with van der Waals surface area (Å²) in [6.07, 6.45) is -1.63. The Labute approximate surface area is 198 Å². The molecule has 0 aliphatic carbocycles. The van der Waals surface area contributed by atoms with Crippen LogP contribution >= 0.6 is 35.6 Å². The van der Waals surface area contributed by atoms with Gasteiger partial charge in [-0.25, -0.2) is 0 Å². The van der Waals surface area contributed by atoms with Gasteiger partial charge in [0.05, 0.1) is 6.54 Å². The average molecular weight is 560 g/mol. The summed E-state index contributed by atoms with van der Waals surface area (Å²) in [5.74, 6) is 0.994. The second-order valence-electron chi connectivity index (χ2n) is 7.81. The van der Waals surface area contributed by atoms with Gasteiger partial charge in [0.1, 0.15) is 0 Å². The molecule has 0 aromatic heterocycles. The normalized spacial score (nSPS) is 19.7. The van der Waals surface area contributed by atoms with Crippen molar-refractivity contribution in [3.8, 4) is 0 Å². The van der Waals surface area contributed by atoms with Crippen LogP contribution in [0.4, 0.5) is 18.9 Å². The number of guanidine groups is 1. The third-order valence-corrected chi connectivity index (χ3v) is 5.97. The first-order valence-corrected chi connectivity index (χ1v) is 10.5. The van der Waals surface area contributed by atoms with Gasteiger partial charge in [-0.2, -0.15) is 13.2 Å². The fraction of sp³-hybridized carbons (Fsp3) is 0.650. The Bertz CT molecular complexity index is 670. The molecule has 5 nitrogen and oxygen atoms in total. The van der Waals surface area contributed by atoms with Crippen molar-refractivity contribution in [3.05, 3.63) is 29.3 Å². The van der Waals surface area contributed by atoms with Crippen LogP contribution in [-0.2, 0) is 0 Å². The molecule has 10 heteroatoms. The highest BCUT2D eigenvalue weighted by Crippen LogP contribution is 2.24. The molecule has 0 atom stereocenters. The van der Waals surface area contributed by atoms with Crippen LogP contribution in [-0.4, -0.2) is 74.3 Å². The number of likely N-dealkylation sites (tertiary alicyclic amines) is 1. The van der Waals surface area contributed by atoms with Crippen LogP contribution in [0, 0.1) is 5.92 Å². The summed E-state index contributed by atoms with van der Waals surface area (Å²) in [6, 6.07) is 7.84. The number of anilines is 1. The molecule has 0 unspecified atom stereocenters. The molecule has 1 aromatic carbocycles. The summed E-state index contributed by atoms with van der Waals surface area (Å²) in [6.45, 7) is 4.22. The van der Waals surface area contributed by atoms with Crippen molar-refractivity contribution in [2.75, 3.05) is 57.3 Å². The number of piperidine rings is 1. The van der Waals surface area contributed by atoms with Crippen molar-refractivity contribution in [1.29, 1.82) is 0 Å². The Balaban J connectivity index is 0.00000320. The molecule has 2 aliphatic heterocycles. The van der Waals surface area contributed by atoms with Gasteiger partial charge < -0.3 is 15.5 Å². The summed E-state index contributed by atoms with van der Waals surface area (Å²) in [7, 11) is 0. The maximum absolute atomic E-state index is 12.5. The van der Waals surface area contributed by atoms with Crippen molar-refractivity contribution in [1.82, 2.24) is 9.80 Å². The van der Waals surface area contributed by atoms with Crippen LogP contribution in [0.25, 0.3) is 0 Å². The fourth-order valence-corrected chi connectivity index (χ4v) is 4.12. The van der Waals surface area contributed by atoms with Gasteiger partial charge in [0, 0.05) is 43.4 Å². The maximum atomic E-state index is 12.5. The van der Waals surface area contributed by atoms with Gasteiger partial charge in [-0.15, -0.1) is 24.0 Å². The molecule has 2 fully saturated rings. The molecule has 0 bridgehead atoms. The lowest BCUT2D eigenvalue weighted by Gasteiger charge is -2.36. The van der Waals surface area contributed by atoms with Crippen LogP contribution in [0.15, 0.2) is 29.3 Å². The first-order valence-electron chi connectivity index (χ1n) is 10.1. The molecule has 1 aromatic rings. The van der Waals surface area contributed by atoms with Gasteiger partial charge in [-0.3, -0.25) is 9.89 Å². The summed E-state index contributed by atoms with van der Waals surface area (Å²) >= 11 is 5.95. The lowest BCUT2D eigenvalue weighted by molar-refractivity contribution is -0.148. The fourth-order valence-electron chi connectivity index (χ4n) is 3.99. The third-order valence-electron chi connectivity index (χ3n) is 5.72. The zero-order valence-electron chi connectivity index (χ0n) is 17.0. The molecule has 2 aliphatic rings. The van der Waals surface area contributed by atoms with E-state index in [1.165, 1.54) is 4.90 Å². The van der Waals surface area contributed by atoms with Crippen molar-refractivity contribution in [2.24, 2.45) is 16.6 Å². The first kappa shape index (κ1) is 25.3. The van der Waals surface area contributed by atoms with E-state index in [9.17, 15) is 13.2 Å². The van der Waals surface area contributed by atoms with E-state index in [0.717, 1.165) is 56.2 Å². The number of piperazine rings is 1. The minimum Gasteiger partial charge on any atom is -0.370 e. The van der Waals surface area contributed by atoms with E-state index in [4.69, 9.17) is 17.3 Å². The maximum Gasteiger partial charge on any atom is 0.401 e. The quantitative estimate of drug-likeness (QED) is 0.336. The second kappa shape index (κ2) is 11.6. The first-order chi connectivity index (χ1) is 13.8. The van der Waals surface area contributed by atoms with Gasteiger partial charge in [-0.05, 0) is 62.5 Å². The van der Waals surface area contributed by atoms with E-state index in [1.807, 2.05) is 24.3 Å². The van der Waals surface area contributed by atoms with Gasteiger partial charge in [0.2, 0.25) is 0 Å². The molecule has 0 radical (unpaired) electrons. The average Bonchev–Trinajstić information content (AvgIpc) is 2.69. The smallest absolute Gasteiger partial charge is 0.370 e. The van der Waals surface area contributed by atoms with E-state index in [1.54, 1.807) is 0 Å². The Morgan fingerprint density at radius 1 is 1.03 bits per heavy atom. The van der Waals surface area contributed by atoms with Gasteiger partial charge in [0.15, 0.2) is 5.96 Å². The number of nitrogens with two attached hydrogens (primary N) is 1. The number of hydrogen-bond acceptors (Lipinski definition) is 3. The van der Waals surface area contributed by atoms with Gasteiger partial charge in [-0.1, -0.05) is 11.6 Å². The standard InChI is InChI=1S/C20H29ClF3N5.HI/c21-17-1-3-18(4-2-17)28-11-13-29(14-12-28)19(25)26-8-5-16-6-9-27(10-7-16)15-20(22,23)24;/h1-4,16H,5-15H2,(H2,25,26);1H. The zero-order chi connectivity index (χ0) is 20.9. The highest BCUT2D eigenvalue weighted by molar-refractivity contribution is 14.0. The molecule has 3 rings (SSSR count). The number of alkyl halides is 3. The molecule has 170 valence electrons. The van der Waals surface area contributed by atoms with E-state index in [-0.39, 0.29) is 24.0 Å². The Hall–Kier alpha value is -0.940. The monoisotopic (exact) mass is 559 g/mol. The van der Waals surface area contributed by atoms with Gasteiger partial charge >= 0.3 is 6.18 Å². The summed E-state index contributed by atoms with van der Waals surface area (Å²) in [4.78, 5) is 10.4. The predicted octanol–water partition coefficient (Wildman–Crippen LogP) is 4.06. The molecular weight excluding hydrogens is 530 g/mol. The van der Waals surface area contributed by atoms with Crippen LogP contribution in [0.3, 0.4) is 0 Å². The lowest BCUT2D eigenvalue weighted by atomic mass is 9.93. The van der Waals surface area contributed by atoms with Crippen LogP contribution < -0.4 is 10.6 Å². The van der Waals surface area contributed by atoms with E-state index in [0.29, 0.717) is 31.5 Å². The van der Waals surface area contributed by atoms with Gasteiger partial charge in [0.25, 0.3) is 0 Å². The van der Waals surface area contributed by atoms with E-state index in [2.05, 4.69) is 14.8 Å². The number of nitrogens with zero attached hydrogens (tertiary/aromatic N) is 4. The van der Waals surface area contributed by atoms with Crippen molar-refractivity contribution < 1.29 is 13.2 Å². The number of benzene rings is 1. The SMILES string of the molecule is I.NC(=NCCC1CCN(CC(F)(F)F)CC1)N1CCN(c2ccc(Cl)cc2)CC1. The minimum atomic E-state index is -4.11. The van der Waals surface area contributed by atoms with Crippen molar-refractivity contribution >= 4 is 47.2 Å². The number of aliphatic imine (C=N–C) groups is 1. The predicted molar refractivity (Wildman–Crippen MR) is 127 cm³/mol. The molecule has 0 saturated carbocycles. The minimum absolute atomic E-state index is 0. The third kappa shape index (κ3) is 7.96. The molecule has 30 heavy (non-hydrogen) atoms. The van der Waals surface area contributed by atoms with E-state index >= 15 is 0 Å². The number of rotatable bonds is 5. The Morgan fingerprint density at radius 3 is 2.20 bits per heavy atom. The highest BCUT2D eigenvalue weighted by atomic mass is 127. The Morgan fingerprint density at radius 2 is 1.63 bits per heavy atom. The summed E-state index contributed by atoms with van der Waals surface area (Å²) in [5, 5.41) is 0.731. The van der Waals surface area contributed by atoms with Crippen LogP contribution in [0.5, 0.6) is 0 Å². The molecular formula is C20H30ClF3IN5. The summed E-state index contributed by atoms with van der Waals surface area (Å²) in [5.41, 5.74) is 7.32. The Kier molecular flexibility index (Phi) is 9.80. The molecule has 2 saturated heterocycles. The topological polar surface area (TPSA) is 48.1 Å². The van der Waals surface area contributed by atoms with Crippen molar-refractivity contribution in [3.63, 3.8) is 0 Å². The van der Waals surface area contributed by atoms with Crippen molar-refractivity contribution in [2.45, 2.75) is 25.4 Å². The number of hydrogen-bond donors (Lipinski definition) is 1. The lowest BCUT2D eigenvalue weighted by Crippen LogP contribution is -2.51. The second-order valence-corrected chi connectivity index (χ2v) is 8.25. The number of halogens is 5. The molecule has 0 amide bonds. The molecule has 0 spiro atoms. The van der Waals surface area contributed by atoms with Crippen LogP contribution in [0.1, 0.15) is 19.3 Å².